The minimum absolute atomic E-state index is 0.112. The third-order valence-corrected chi connectivity index (χ3v) is 6.46. The highest BCUT2D eigenvalue weighted by Gasteiger charge is 2.20. The van der Waals surface area contributed by atoms with Crippen molar-refractivity contribution in [3.05, 3.63) is 32.6 Å². The van der Waals surface area contributed by atoms with Gasteiger partial charge in [0.1, 0.15) is 5.65 Å². The molecule has 1 amide bonds. The van der Waals surface area contributed by atoms with Crippen LogP contribution >= 0.6 is 11.8 Å². The van der Waals surface area contributed by atoms with Gasteiger partial charge in [-0.2, -0.15) is 0 Å². The van der Waals surface area contributed by atoms with Gasteiger partial charge in [-0.05, 0) is 24.8 Å². The molecule has 2 aromatic heterocycles. The molecule has 1 fully saturated rings. The quantitative estimate of drug-likeness (QED) is 0.713. The van der Waals surface area contributed by atoms with Crippen LogP contribution in [0.5, 0.6) is 0 Å². The fraction of sp³-hybridized carbons (Fsp3) is 0.600. The second-order valence-corrected chi connectivity index (χ2v) is 8.34. The van der Waals surface area contributed by atoms with Gasteiger partial charge in [-0.25, -0.2) is 9.78 Å². The van der Waals surface area contributed by atoms with Crippen LogP contribution in [0.15, 0.2) is 20.7 Å². The topological polar surface area (TPSA) is 77.2 Å². The number of carbonyl (C=O) groups excluding carboxylic acids is 1. The lowest BCUT2D eigenvalue weighted by Gasteiger charge is -2.20. The molecule has 0 radical (unpaired) electrons. The standard InChI is InChI=1S/C20H28N4O3S/c1-4-9-14-12-21-18-16(19(26)23(3)20(27)22(18)2)17(14)28-13-15(25)24-10-7-5-6-8-11-24/h12H,4-11,13H2,1-3H3. The highest BCUT2D eigenvalue weighted by Crippen LogP contribution is 2.29. The maximum absolute atomic E-state index is 12.9. The highest BCUT2D eigenvalue weighted by molar-refractivity contribution is 8.00. The average molecular weight is 405 g/mol. The lowest BCUT2D eigenvalue weighted by atomic mass is 10.1. The number of fused-ring (bicyclic) bond motifs is 1. The molecule has 7 nitrogen and oxygen atoms in total. The van der Waals surface area contributed by atoms with Crippen LogP contribution in [0.2, 0.25) is 0 Å². The summed E-state index contributed by atoms with van der Waals surface area (Å²) >= 11 is 1.40. The number of nitrogens with zero attached hydrogens (tertiary/aromatic N) is 4. The fourth-order valence-electron chi connectivity index (χ4n) is 3.70. The monoisotopic (exact) mass is 404 g/mol. The van der Waals surface area contributed by atoms with Crippen LogP contribution in [0.1, 0.15) is 44.6 Å². The molecule has 0 N–H and O–H groups in total. The lowest BCUT2D eigenvalue weighted by molar-refractivity contribution is -0.128. The van der Waals surface area contributed by atoms with E-state index in [1.807, 2.05) is 4.90 Å². The van der Waals surface area contributed by atoms with Gasteiger partial charge in [-0.15, -0.1) is 11.8 Å². The Bertz CT molecular complexity index is 988. The third-order valence-electron chi connectivity index (χ3n) is 5.31. The Morgan fingerprint density at radius 1 is 1.11 bits per heavy atom. The van der Waals surface area contributed by atoms with E-state index in [-0.39, 0.29) is 11.5 Å². The number of carbonyl (C=O) groups is 1. The average Bonchev–Trinajstić information content (AvgIpc) is 2.99. The Morgan fingerprint density at radius 3 is 2.43 bits per heavy atom. The van der Waals surface area contributed by atoms with E-state index in [9.17, 15) is 14.4 Å². The molecule has 0 unspecified atom stereocenters. The van der Waals surface area contributed by atoms with Crippen LogP contribution in [0.3, 0.4) is 0 Å². The molecule has 0 spiro atoms. The molecular weight excluding hydrogens is 376 g/mol. The van der Waals surface area contributed by atoms with Gasteiger partial charge in [0, 0.05) is 38.3 Å². The summed E-state index contributed by atoms with van der Waals surface area (Å²) in [5.41, 5.74) is 0.579. The van der Waals surface area contributed by atoms with E-state index in [0.29, 0.717) is 16.8 Å². The summed E-state index contributed by atoms with van der Waals surface area (Å²) in [4.78, 5) is 45.0. The van der Waals surface area contributed by atoms with E-state index in [2.05, 4.69) is 11.9 Å². The van der Waals surface area contributed by atoms with Gasteiger partial charge in [-0.1, -0.05) is 26.2 Å². The molecule has 0 bridgehead atoms. The van der Waals surface area contributed by atoms with Gasteiger partial charge in [0.2, 0.25) is 5.91 Å². The fourth-order valence-corrected chi connectivity index (χ4v) is 4.81. The van der Waals surface area contributed by atoms with Crippen LogP contribution in [0.4, 0.5) is 0 Å². The summed E-state index contributed by atoms with van der Waals surface area (Å²) in [6, 6.07) is 0. The third kappa shape index (κ3) is 4.01. The number of likely N-dealkylation sites (tertiary alicyclic amines) is 1. The van der Waals surface area contributed by atoms with Crippen LogP contribution in [0, 0.1) is 0 Å². The first-order valence-corrected chi connectivity index (χ1v) is 10.9. The second-order valence-electron chi connectivity index (χ2n) is 7.35. The molecule has 0 saturated carbocycles. The van der Waals surface area contributed by atoms with Crippen molar-refractivity contribution >= 4 is 28.7 Å². The minimum atomic E-state index is -0.398. The molecule has 1 aliphatic rings. The largest absolute Gasteiger partial charge is 0.342 e. The van der Waals surface area contributed by atoms with Gasteiger partial charge in [0.25, 0.3) is 5.56 Å². The molecule has 0 aliphatic carbocycles. The molecule has 28 heavy (non-hydrogen) atoms. The van der Waals surface area contributed by atoms with E-state index >= 15 is 0 Å². The Morgan fingerprint density at radius 2 is 1.79 bits per heavy atom. The van der Waals surface area contributed by atoms with E-state index < -0.39 is 5.69 Å². The van der Waals surface area contributed by atoms with Crippen molar-refractivity contribution in [1.29, 1.82) is 0 Å². The van der Waals surface area contributed by atoms with Gasteiger partial charge in [0.15, 0.2) is 0 Å². The number of amides is 1. The minimum Gasteiger partial charge on any atom is -0.342 e. The van der Waals surface area contributed by atoms with Crippen molar-refractivity contribution in [2.45, 2.75) is 50.3 Å². The molecule has 3 rings (SSSR count). The maximum Gasteiger partial charge on any atom is 0.332 e. The molecular formula is C20H28N4O3S. The summed E-state index contributed by atoms with van der Waals surface area (Å²) in [6.07, 6.45) is 7.88. The first-order valence-electron chi connectivity index (χ1n) is 9.93. The summed E-state index contributed by atoms with van der Waals surface area (Å²) in [7, 11) is 3.10. The molecule has 152 valence electrons. The SMILES string of the molecule is CCCc1cnc2c(c1SCC(=O)N1CCCCCC1)c(=O)n(C)c(=O)n2C. The summed E-state index contributed by atoms with van der Waals surface area (Å²) < 4.78 is 2.51. The van der Waals surface area contributed by atoms with E-state index in [4.69, 9.17) is 0 Å². The Balaban J connectivity index is 2.00. The van der Waals surface area contributed by atoms with Crippen LogP contribution in [0.25, 0.3) is 11.0 Å². The van der Waals surface area contributed by atoms with Crippen molar-refractivity contribution in [2.75, 3.05) is 18.8 Å². The van der Waals surface area contributed by atoms with Crippen LogP contribution in [-0.4, -0.2) is 43.8 Å². The maximum atomic E-state index is 12.9. The van der Waals surface area contributed by atoms with Crippen LogP contribution in [-0.2, 0) is 25.3 Å². The number of hydrogen-bond donors (Lipinski definition) is 0. The molecule has 1 aliphatic heterocycles. The highest BCUT2D eigenvalue weighted by atomic mass is 32.2. The van der Waals surface area contributed by atoms with E-state index in [1.54, 1.807) is 13.2 Å². The molecule has 1 saturated heterocycles. The molecule has 3 heterocycles. The first kappa shape index (κ1) is 20.6. The molecule has 8 heteroatoms. The first-order chi connectivity index (χ1) is 13.5. The van der Waals surface area contributed by atoms with E-state index in [1.165, 1.54) is 36.2 Å². The number of thioether (sulfide) groups is 1. The normalized spacial score (nSPS) is 15.0. The molecule has 0 aromatic carbocycles. The number of pyridine rings is 1. The number of aromatic nitrogens is 3. The number of hydrogen-bond acceptors (Lipinski definition) is 5. The summed E-state index contributed by atoms with van der Waals surface area (Å²) in [5, 5.41) is 0.434. The summed E-state index contributed by atoms with van der Waals surface area (Å²) in [6.45, 7) is 3.70. The predicted molar refractivity (Wildman–Crippen MR) is 112 cm³/mol. The smallest absolute Gasteiger partial charge is 0.332 e. The Kier molecular flexibility index (Phi) is 6.59. The zero-order valence-corrected chi connectivity index (χ0v) is 17.7. The Labute approximate surface area is 168 Å². The zero-order chi connectivity index (χ0) is 20.3. The lowest BCUT2D eigenvalue weighted by Crippen LogP contribution is -2.37. The van der Waals surface area contributed by atoms with Gasteiger partial charge >= 0.3 is 5.69 Å². The Hall–Kier alpha value is -2.09. The van der Waals surface area contributed by atoms with Crippen molar-refractivity contribution in [1.82, 2.24) is 19.0 Å². The van der Waals surface area contributed by atoms with Gasteiger partial charge in [0.05, 0.1) is 11.1 Å². The second kappa shape index (κ2) is 8.94. The van der Waals surface area contributed by atoms with Crippen molar-refractivity contribution in [2.24, 2.45) is 14.1 Å². The number of rotatable bonds is 5. The molecule has 0 atom stereocenters. The zero-order valence-electron chi connectivity index (χ0n) is 16.9. The van der Waals surface area contributed by atoms with Crippen molar-refractivity contribution in [3.8, 4) is 0 Å². The number of aryl methyl sites for hydroxylation is 2. The summed E-state index contributed by atoms with van der Waals surface area (Å²) in [5.74, 6) is 0.405. The predicted octanol–water partition coefficient (Wildman–Crippen LogP) is 2.08. The van der Waals surface area contributed by atoms with E-state index in [0.717, 1.165) is 53.8 Å². The molecule has 2 aromatic rings. The van der Waals surface area contributed by atoms with Crippen LogP contribution < -0.4 is 11.2 Å². The van der Waals surface area contributed by atoms with Gasteiger partial charge < -0.3 is 4.90 Å². The van der Waals surface area contributed by atoms with Crippen molar-refractivity contribution < 1.29 is 4.79 Å². The van der Waals surface area contributed by atoms with Gasteiger partial charge in [-0.3, -0.25) is 18.7 Å². The van der Waals surface area contributed by atoms with Crippen molar-refractivity contribution in [3.63, 3.8) is 0 Å².